The number of unbranched alkanes of at least 4 members (excludes halogenated alkanes) is 2. The molecule has 0 saturated carbocycles. The number of hydrogen-bond donors (Lipinski definition) is 0. The molecule has 0 fully saturated rings. The Morgan fingerprint density at radius 3 is 1.95 bits per heavy atom. The standard InChI is InChI=1S/C21H34F/c1-6-8-10-19(11-9-7-2)21(22)15-18(5)20-13-16(3)12-17(4)14-20/h13-14,18-19,21H,6-11,15H2,1-5H3. The predicted molar refractivity (Wildman–Crippen MR) is 95.2 cm³/mol. The van der Waals surface area contributed by atoms with Gasteiger partial charge in [0.1, 0.15) is 6.17 Å². The van der Waals surface area contributed by atoms with E-state index >= 15 is 0 Å². The highest BCUT2D eigenvalue weighted by Crippen LogP contribution is 2.31. The van der Waals surface area contributed by atoms with Gasteiger partial charge in [0.05, 0.1) is 0 Å². The van der Waals surface area contributed by atoms with E-state index in [0.717, 1.165) is 49.7 Å². The van der Waals surface area contributed by atoms with Crippen LogP contribution in [-0.2, 0) is 0 Å². The fourth-order valence-corrected chi connectivity index (χ4v) is 3.31. The summed E-state index contributed by atoms with van der Waals surface area (Å²) in [6.45, 7) is 10.7. The molecule has 0 saturated heterocycles. The molecule has 0 amide bonds. The van der Waals surface area contributed by atoms with E-state index in [0.29, 0.717) is 6.42 Å². The third-order valence-corrected chi connectivity index (χ3v) is 4.68. The Hall–Kier alpha value is -0.850. The summed E-state index contributed by atoms with van der Waals surface area (Å²) < 4.78 is 14.8. The van der Waals surface area contributed by atoms with E-state index in [4.69, 9.17) is 0 Å². The van der Waals surface area contributed by atoms with Crippen molar-refractivity contribution in [2.75, 3.05) is 0 Å². The quantitative estimate of drug-likeness (QED) is 0.439. The van der Waals surface area contributed by atoms with E-state index in [1.54, 1.807) is 0 Å². The highest BCUT2D eigenvalue weighted by atomic mass is 19.1. The number of rotatable bonds is 10. The van der Waals surface area contributed by atoms with E-state index in [2.05, 4.69) is 52.8 Å². The zero-order valence-electron chi connectivity index (χ0n) is 15.2. The van der Waals surface area contributed by atoms with Crippen LogP contribution in [0.25, 0.3) is 0 Å². The van der Waals surface area contributed by atoms with E-state index in [1.807, 2.05) is 0 Å². The number of hydrogen-bond acceptors (Lipinski definition) is 0. The van der Waals surface area contributed by atoms with Crippen molar-refractivity contribution in [1.82, 2.24) is 0 Å². The number of benzene rings is 1. The van der Waals surface area contributed by atoms with Crippen LogP contribution >= 0.6 is 0 Å². The molecular formula is C21H34F. The minimum absolute atomic E-state index is 0.250. The van der Waals surface area contributed by atoms with Crippen LogP contribution in [0, 0.1) is 25.8 Å². The van der Waals surface area contributed by atoms with E-state index < -0.39 is 6.17 Å². The first-order valence-corrected chi connectivity index (χ1v) is 9.12. The summed E-state index contributed by atoms with van der Waals surface area (Å²) in [4.78, 5) is 0. The van der Waals surface area contributed by atoms with Crippen molar-refractivity contribution in [1.29, 1.82) is 0 Å². The zero-order valence-corrected chi connectivity index (χ0v) is 15.2. The van der Waals surface area contributed by atoms with Crippen LogP contribution in [0.4, 0.5) is 4.39 Å². The van der Waals surface area contributed by atoms with Gasteiger partial charge in [-0.05, 0) is 67.7 Å². The summed E-state index contributed by atoms with van der Waals surface area (Å²) in [5, 5.41) is 0. The van der Waals surface area contributed by atoms with E-state index in [-0.39, 0.29) is 11.8 Å². The second-order valence-electron chi connectivity index (χ2n) is 6.98. The van der Waals surface area contributed by atoms with Crippen molar-refractivity contribution in [3.05, 3.63) is 34.9 Å². The normalized spacial score (nSPS) is 14.3. The molecule has 0 aromatic heterocycles. The lowest BCUT2D eigenvalue weighted by Crippen LogP contribution is -2.18. The smallest absolute Gasteiger partial charge is 0.103 e. The lowest BCUT2D eigenvalue weighted by atomic mass is 9.84. The predicted octanol–water partition coefficient (Wildman–Crippen LogP) is 6.93. The van der Waals surface area contributed by atoms with E-state index in [1.165, 1.54) is 5.56 Å². The van der Waals surface area contributed by atoms with Gasteiger partial charge in [-0.2, -0.15) is 0 Å². The van der Waals surface area contributed by atoms with Crippen LogP contribution in [0.2, 0.25) is 0 Å². The lowest BCUT2D eigenvalue weighted by molar-refractivity contribution is 0.180. The molecule has 0 spiro atoms. The van der Waals surface area contributed by atoms with E-state index in [9.17, 15) is 4.39 Å². The van der Waals surface area contributed by atoms with Crippen LogP contribution in [-0.4, -0.2) is 6.17 Å². The average Bonchev–Trinajstić information content (AvgIpc) is 2.46. The second kappa shape index (κ2) is 10.0. The second-order valence-corrected chi connectivity index (χ2v) is 6.98. The monoisotopic (exact) mass is 305 g/mol. The minimum atomic E-state index is -0.669. The molecule has 1 aromatic carbocycles. The minimum Gasteiger partial charge on any atom is -0.247 e. The summed E-state index contributed by atoms with van der Waals surface area (Å²) in [5.74, 6) is 0.535. The van der Waals surface area contributed by atoms with Crippen molar-refractivity contribution >= 4 is 0 Å². The van der Waals surface area contributed by atoms with Gasteiger partial charge in [-0.15, -0.1) is 0 Å². The molecule has 0 aliphatic rings. The summed E-state index contributed by atoms with van der Waals surface area (Å²) in [5.41, 5.74) is 3.58. The maximum Gasteiger partial charge on any atom is 0.103 e. The summed E-state index contributed by atoms with van der Waals surface area (Å²) in [6.07, 6.45) is 6.72. The molecule has 0 heterocycles. The van der Waals surface area contributed by atoms with Gasteiger partial charge in [-0.1, -0.05) is 58.6 Å². The van der Waals surface area contributed by atoms with Gasteiger partial charge in [0, 0.05) is 0 Å². The summed E-state index contributed by atoms with van der Waals surface area (Å²) in [7, 11) is 0. The van der Waals surface area contributed by atoms with Crippen molar-refractivity contribution < 1.29 is 4.39 Å². The molecule has 0 bridgehead atoms. The molecule has 1 radical (unpaired) electrons. The third kappa shape index (κ3) is 6.50. The van der Waals surface area contributed by atoms with Gasteiger partial charge in [0.2, 0.25) is 0 Å². The third-order valence-electron chi connectivity index (χ3n) is 4.68. The molecular weight excluding hydrogens is 271 g/mol. The van der Waals surface area contributed by atoms with Gasteiger partial charge in [0.25, 0.3) is 0 Å². The average molecular weight is 306 g/mol. The molecule has 2 unspecified atom stereocenters. The molecule has 1 heteroatoms. The molecule has 1 aromatic rings. The lowest BCUT2D eigenvalue weighted by Gasteiger charge is -2.24. The van der Waals surface area contributed by atoms with Gasteiger partial charge < -0.3 is 0 Å². The molecule has 0 aliphatic heterocycles. The van der Waals surface area contributed by atoms with Crippen molar-refractivity contribution in [3.8, 4) is 0 Å². The molecule has 22 heavy (non-hydrogen) atoms. The maximum absolute atomic E-state index is 14.8. The van der Waals surface area contributed by atoms with Gasteiger partial charge in [-0.3, -0.25) is 0 Å². The fraction of sp³-hybridized carbons (Fsp3) is 0.714. The first kappa shape index (κ1) is 19.2. The Balaban J connectivity index is 2.67. The Morgan fingerprint density at radius 2 is 1.50 bits per heavy atom. The SMILES string of the molecule is CCCCC(CCCC)C(F)CC(C)c1cc(C)[c]c(C)c1. The molecule has 2 atom stereocenters. The van der Waals surface area contributed by atoms with Crippen LogP contribution in [0.5, 0.6) is 0 Å². The Bertz CT molecular complexity index is 396. The first-order valence-electron chi connectivity index (χ1n) is 9.12. The molecule has 1 rings (SSSR count). The van der Waals surface area contributed by atoms with Crippen LogP contribution in [0.1, 0.15) is 88.3 Å². The summed E-state index contributed by atoms with van der Waals surface area (Å²) in [6, 6.07) is 7.63. The molecule has 0 N–H and O–H groups in total. The van der Waals surface area contributed by atoms with Crippen LogP contribution < -0.4 is 0 Å². The largest absolute Gasteiger partial charge is 0.247 e. The van der Waals surface area contributed by atoms with Gasteiger partial charge in [0.15, 0.2) is 0 Å². The maximum atomic E-state index is 14.8. The summed E-state index contributed by atoms with van der Waals surface area (Å²) >= 11 is 0. The fourth-order valence-electron chi connectivity index (χ4n) is 3.31. The van der Waals surface area contributed by atoms with Crippen LogP contribution in [0.15, 0.2) is 12.1 Å². The zero-order chi connectivity index (χ0) is 16.5. The van der Waals surface area contributed by atoms with Crippen molar-refractivity contribution in [2.24, 2.45) is 5.92 Å². The highest BCUT2D eigenvalue weighted by molar-refractivity contribution is 5.29. The molecule has 0 aliphatic carbocycles. The highest BCUT2D eigenvalue weighted by Gasteiger charge is 2.23. The topological polar surface area (TPSA) is 0 Å². The Labute approximate surface area is 137 Å². The first-order chi connectivity index (χ1) is 10.5. The van der Waals surface area contributed by atoms with Crippen molar-refractivity contribution in [3.63, 3.8) is 0 Å². The van der Waals surface area contributed by atoms with Crippen molar-refractivity contribution in [2.45, 2.75) is 91.7 Å². The number of halogens is 1. The molecule has 0 nitrogen and oxygen atoms in total. The Kier molecular flexibility index (Phi) is 8.75. The van der Waals surface area contributed by atoms with Crippen LogP contribution in [0.3, 0.4) is 0 Å². The number of aryl methyl sites for hydroxylation is 2. The Morgan fingerprint density at radius 1 is 1.00 bits per heavy atom. The van der Waals surface area contributed by atoms with Gasteiger partial charge >= 0.3 is 0 Å². The van der Waals surface area contributed by atoms with Gasteiger partial charge in [-0.25, -0.2) is 4.39 Å². The number of alkyl halides is 1. The molecule has 125 valence electrons.